The number of carboxylic acids is 1. The van der Waals surface area contributed by atoms with Crippen LogP contribution in [0.4, 0.5) is 0 Å². The fourth-order valence-corrected chi connectivity index (χ4v) is 1.26. The molecule has 0 aliphatic rings. The Bertz CT molecular complexity index is 407. The van der Waals surface area contributed by atoms with Gasteiger partial charge in [-0.15, -0.1) is 0 Å². The first-order valence-electron chi connectivity index (χ1n) is 4.97. The Morgan fingerprint density at radius 2 is 2.24 bits per heavy atom. The molecular weight excluding hydrogens is 224 g/mol. The zero-order chi connectivity index (χ0) is 12.9. The van der Waals surface area contributed by atoms with Crippen LogP contribution in [0, 0.1) is 0 Å². The van der Waals surface area contributed by atoms with Gasteiger partial charge in [-0.25, -0.2) is 4.79 Å². The van der Waals surface area contributed by atoms with Crippen LogP contribution in [0.3, 0.4) is 0 Å². The van der Waals surface area contributed by atoms with E-state index >= 15 is 0 Å². The number of aliphatic carboxylic acids is 1. The van der Waals surface area contributed by atoms with Crippen LogP contribution in [0.25, 0.3) is 0 Å². The highest BCUT2D eigenvalue weighted by Crippen LogP contribution is 2.18. The molecule has 17 heavy (non-hydrogen) atoms. The molecule has 1 aromatic rings. The molecule has 6 nitrogen and oxygen atoms in total. The minimum absolute atomic E-state index is 0.199. The van der Waals surface area contributed by atoms with Gasteiger partial charge >= 0.3 is 11.9 Å². The van der Waals surface area contributed by atoms with E-state index in [1.165, 1.54) is 20.2 Å². The summed E-state index contributed by atoms with van der Waals surface area (Å²) in [6.45, 7) is 1.25. The largest absolute Gasteiger partial charge is 0.480 e. The van der Waals surface area contributed by atoms with Crippen LogP contribution in [0.15, 0.2) is 24.4 Å². The average Bonchev–Trinajstić information content (AvgIpc) is 2.36. The van der Waals surface area contributed by atoms with Crippen molar-refractivity contribution in [1.29, 1.82) is 0 Å². The number of methoxy groups -OCH3 is 1. The van der Waals surface area contributed by atoms with E-state index in [0.29, 0.717) is 5.69 Å². The summed E-state index contributed by atoms with van der Waals surface area (Å²) in [6, 6.07) is 4.95. The molecule has 0 fully saturated rings. The first-order chi connectivity index (χ1) is 8.00. The van der Waals surface area contributed by atoms with Gasteiger partial charge in [-0.3, -0.25) is 15.1 Å². The summed E-state index contributed by atoms with van der Waals surface area (Å²) >= 11 is 0. The Labute approximate surface area is 98.6 Å². The first-order valence-corrected chi connectivity index (χ1v) is 4.97. The summed E-state index contributed by atoms with van der Waals surface area (Å²) in [5.41, 5.74) is -1.09. The van der Waals surface area contributed by atoms with Gasteiger partial charge in [0.15, 0.2) is 5.54 Å². The van der Waals surface area contributed by atoms with E-state index in [9.17, 15) is 14.7 Å². The molecule has 0 amide bonds. The number of nitrogens with zero attached hydrogens (tertiary/aromatic N) is 1. The van der Waals surface area contributed by atoms with Gasteiger partial charge in [-0.05, 0) is 19.1 Å². The number of pyridine rings is 1. The Morgan fingerprint density at radius 1 is 1.53 bits per heavy atom. The topological polar surface area (TPSA) is 88.5 Å². The minimum atomic E-state index is -1.42. The molecule has 0 aliphatic carbocycles. The number of carbonyl (C=O) groups excluding carboxylic acids is 1. The number of hydrogen-bond donors (Lipinski definition) is 2. The van der Waals surface area contributed by atoms with E-state index in [1.807, 2.05) is 0 Å². The molecule has 1 unspecified atom stereocenters. The lowest BCUT2D eigenvalue weighted by Gasteiger charge is -2.25. The van der Waals surface area contributed by atoms with Gasteiger partial charge in [0.2, 0.25) is 0 Å². The van der Waals surface area contributed by atoms with Crippen molar-refractivity contribution < 1.29 is 19.4 Å². The highest BCUT2D eigenvalue weighted by atomic mass is 16.5. The first kappa shape index (κ1) is 13.1. The van der Waals surface area contributed by atoms with Crippen molar-refractivity contribution in [3.05, 3.63) is 30.1 Å². The molecule has 1 atom stereocenters. The lowest BCUT2D eigenvalue weighted by molar-refractivity contribution is -0.146. The van der Waals surface area contributed by atoms with Crippen molar-refractivity contribution in [3.63, 3.8) is 0 Å². The summed E-state index contributed by atoms with van der Waals surface area (Å²) in [7, 11) is 1.24. The predicted molar refractivity (Wildman–Crippen MR) is 59.2 cm³/mol. The Kier molecular flexibility index (Phi) is 4.17. The summed E-state index contributed by atoms with van der Waals surface area (Å²) < 4.78 is 4.45. The van der Waals surface area contributed by atoms with Gasteiger partial charge in [0.1, 0.15) is 0 Å². The monoisotopic (exact) mass is 238 g/mol. The van der Waals surface area contributed by atoms with Gasteiger partial charge in [-0.1, -0.05) is 6.07 Å². The van der Waals surface area contributed by atoms with Gasteiger partial charge < -0.3 is 9.84 Å². The number of esters is 1. The number of carboxylic acid groups (broad SMARTS) is 1. The van der Waals surface area contributed by atoms with Gasteiger partial charge in [0.25, 0.3) is 0 Å². The molecule has 6 heteroatoms. The molecule has 0 aliphatic heterocycles. The smallest absolute Gasteiger partial charge is 0.329 e. The van der Waals surface area contributed by atoms with Crippen LogP contribution in [-0.4, -0.2) is 35.7 Å². The molecule has 0 spiro atoms. The van der Waals surface area contributed by atoms with Crippen LogP contribution in [0.1, 0.15) is 12.6 Å². The van der Waals surface area contributed by atoms with Gasteiger partial charge in [0.05, 0.1) is 19.3 Å². The second-order valence-corrected chi connectivity index (χ2v) is 3.57. The van der Waals surface area contributed by atoms with Crippen molar-refractivity contribution >= 4 is 11.9 Å². The number of carbonyl (C=O) groups is 2. The van der Waals surface area contributed by atoms with E-state index in [1.54, 1.807) is 18.2 Å². The molecule has 0 saturated heterocycles. The molecule has 0 aromatic carbocycles. The maximum atomic E-state index is 11.3. The number of aromatic nitrogens is 1. The summed E-state index contributed by atoms with van der Waals surface area (Å²) in [6.07, 6.45) is 1.50. The van der Waals surface area contributed by atoms with Crippen LogP contribution >= 0.6 is 0 Å². The fraction of sp³-hybridized carbons (Fsp3) is 0.364. The third-order valence-electron chi connectivity index (χ3n) is 2.42. The zero-order valence-corrected chi connectivity index (χ0v) is 9.64. The highest BCUT2D eigenvalue weighted by molar-refractivity contribution is 5.81. The minimum Gasteiger partial charge on any atom is -0.480 e. The molecule has 1 rings (SSSR count). The third-order valence-corrected chi connectivity index (χ3v) is 2.42. The highest BCUT2D eigenvalue weighted by Gasteiger charge is 2.36. The number of ether oxygens (including phenoxy) is 1. The van der Waals surface area contributed by atoms with E-state index in [0.717, 1.165) is 0 Å². The SMILES string of the molecule is COC(=O)CNC(C)(C(=O)O)c1ccccn1. The average molecular weight is 238 g/mol. The maximum Gasteiger partial charge on any atom is 0.329 e. The normalized spacial score (nSPS) is 13.8. The number of nitrogens with one attached hydrogen (secondary N) is 1. The van der Waals surface area contributed by atoms with Gasteiger partial charge in [0, 0.05) is 6.20 Å². The van der Waals surface area contributed by atoms with Crippen LogP contribution in [-0.2, 0) is 19.9 Å². The molecule has 0 saturated carbocycles. The molecule has 2 N–H and O–H groups in total. The quantitative estimate of drug-likeness (QED) is 0.709. The zero-order valence-electron chi connectivity index (χ0n) is 9.64. The van der Waals surface area contributed by atoms with E-state index in [2.05, 4.69) is 15.0 Å². The van der Waals surface area contributed by atoms with Crippen molar-refractivity contribution in [2.24, 2.45) is 0 Å². The Morgan fingerprint density at radius 3 is 2.71 bits per heavy atom. The molecular formula is C11H14N2O4. The van der Waals surface area contributed by atoms with Crippen molar-refractivity contribution in [3.8, 4) is 0 Å². The van der Waals surface area contributed by atoms with E-state index in [4.69, 9.17) is 0 Å². The summed E-state index contributed by atoms with van der Waals surface area (Å²) in [5, 5.41) is 11.8. The standard InChI is InChI=1S/C11H14N2O4/c1-11(10(15)16,13-7-9(14)17-2)8-5-3-4-6-12-8/h3-6,13H,7H2,1-2H3,(H,15,16). The van der Waals surface area contributed by atoms with Crippen LogP contribution in [0.2, 0.25) is 0 Å². The Hall–Kier alpha value is -1.95. The van der Waals surface area contributed by atoms with Crippen LogP contribution < -0.4 is 5.32 Å². The Balaban J connectivity index is 2.91. The number of rotatable bonds is 5. The summed E-state index contributed by atoms with van der Waals surface area (Å²) in [5.74, 6) is -1.64. The number of hydrogen-bond acceptors (Lipinski definition) is 5. The molecule has 1 heterocycles. The molecule has 0 bridgehead atoms. The maximum absolute atomic E-state index is 11.3. The van der Waals surface area contributed by atoms with Crippen LogP contribution in [0.5, 0.6) is 0 Å². The summed E-state index contributed by atoms with van der Waals surface area (Å²) in [4.78, 5) is 26.3. The third kappa shape index (κ3) is 3.01. The molecule has 0 radical (unpaired) electrons. The van der Waals surface area contributed by atoms with E-state index < -0.39 is 17.5 Å². The second-order valence-electron chi connectivity index (χ2n) is 3.57. The van der Waals surface area contributed by atoms with Crippen molar-refractivity contribution in [2.75, 3.05) is 13.7 Å². The van der Waals surface area contributed by atoms with E-state index in [-0.39, 0.29) is 6.54 Å². The molecule has 92 valence electrons. The lowest BCUT2D eigenvalue weighted by atomic mass is 9.97. The van der Waals surface area contributed by atoms with Crippen molar-refractivity contribution in [1.82, 2.24) is 10.3 Å². The van der Waals surface area contributed by atoms with Crippen molar-refractivity contribution in [2.45, 2.75) is 12.5 Å². The lowest BCUT2D eigenvalue weighted by Crippen LogP contribution is -2.49. The van der Waals surface area contributed by atoms with Gasteiger partial charge in [-0.2, -0.15) is 0 Å². The predicted octanol–water partition coefficient (Wildman–Crippen LogP) is 0.144. The second kappa shape index (κ2) is 5.40. The fourth-order valence-electron chi connectivity index (χ4n) is 1.26. The molecule has 1 aromatic heterocycles.